The van der Waals surface area contributed by atoms with Crippen molar-refractivity contribution in [1.82, 2.24) is 4.98 Å². The van der Waals surface area contributed by atoms with Crippen LogP contribution < -0.4 is 9.21 Å². The monoisotopic (exact) mass is 473 g/mol. The number of sulfonamides is 1. The first kappa shape index (κ1) is 25.5. The van der Waals surface area contributed by atoms with Gasteiger partial charge < -0.3 is 9.64 Å². The lowest BCUT2D eigenvalue weighted by molar-refractivity contribution is 0.0921. The summed E-state index contributed by atoms with van der Waals surface area (Å²) in [7, 11) is -1.38. The van der Waals surface area contributed by atoms with Crippen LogP contribution in [0.3, 0.4) is 0 Å². The summed E-state index contributed by atoms with van der Waals surface area (Å²) in [5.41, 5.74) is 2.25. The van der Waals surface area contributed by atoms with Crippen molar-refractivity contribution in [2.45, 2.75) is 46.6 Å². The van der Waals surface area contributed by atoms with Gasteiger partial charge in [-0.1, -0.05) is 51.1 Å². The highest BCUT2D eigenvalue weighted by atomic mass is 32.2. The van der Waals surface area contributed by atoms with E-state index in [1.54, 1.807) is 0 Å². The Hall–Kier alpha value is -2.12. The summed E-state index contributed by atoms with van der Waals surface area (Å²) >= 11 is 0. The van der Waals surface area contributed by atoms with Crippen LogP contribution >= 0.6 is 0 Å². The van der Waals surface area contributed by atoms with E-state index in [1.807, 2.05) is 32.2 Å². The largest absolute Gasteiger partial charge is 0.376 e. The Kier molecular flexibility index (Phi) is 8.76. The van der Waals surface area contributed by atoms with Crippen molar-refractivity contribution in [2.24, 2.45) is 17.8 Å². The molecule has 0 saturated heterocycles. The van der Waals surface area contributed by atoms with Gasteiger partial charge in [0, 0.05) is 26.7 Å². The molecule has 3 atom stereocenters. The number of hydrogen-bond acceptors (Lipinski definition) is 5. The second-order valence-electron chi connectivity index (χ2n) is 9.69. The Morgan fingerprint density at radius 1 is 1.15 bits per heavy atom. The molecule has 1 aliphatic carbocycles. The van der Waals surface area contributed by atoms with Crippen LogP contribution in [-0.2, 0) is 27.8 Å². The van der Waals surface area contributed by atoms with Gasteiger partial charge in [-0.05, 0) is 60.3 Å². The van der Waals surface area contributed by atoms with Crippen molar-refractivity contribution in [2.75, 3.05) is 42.2 Å². The third kappa shape index (κ3) is 7.71. The van der Waals surface area contributed by atoms with Crippen LogP contribution in [0.25, 0.3) is 0 Å². The lowest BCUT2D eigenvalue weighted by Gasteiger charge is -2.25. The van der Waals surface area contributed by atoms with Crippen molar-refractivity contribution in [3.63, 3.8) is 0 Å². The van der Waals surface area contributed by atoms with Crippen LogP contribution in [0.15, 0.2) is 42.5 Å². The third-order valence-electron chi connectivity index (χ3n) is 6.21. The maximum absolute atomic E-state index is 12.5. The van der Waals surface area contributed by atoms with Gasteiger partial charge in [-0.25, -0.2) is 13.4 Å². The molecule has 1 saturated carbocycles. The highest BCUT2D eigenvalue weighted by Crippen LogP contribution is 2.38. The zero-order chi connectivity index (χ0) is 24.0. The molecular weight excluding hydrogens is 434 g/mol. The molecule has 1 fully saturated rings. The Balaban J connectivity index is 1.73. The van der Waals surface area contributed by atoms with Crippen molar-refractivity contribution in [3.8, 4) is 0 Å². The molecule has 3 unspecified atom stereocenters. The molecule has 0 spiro atoms. The van der Waals surface area contributed by atoms with Crippen molar-refractivity contribution < 1.29 is 13.2 Å². The van der Waals surface area contributed by atoms with E-state index in [0.717, 1.165) is 36.7 Å². The molecule has 0 amide bonds. The van der Waals surface area contributed by atoms with Gasteiger partial charge in [0.15, 0.2) is 0 Å². The summed E-state index contributed by atoms with van der Waals surface area (Å²) < 4.78 is 32.4. The molecule has 0 radical (unpaired) electrons. The van der Waals surface area contributed by atoms with E-state index in [0.29, 0.717) is 37.4 Å². The molecule has 0 N–H and O–H groups in total. The summed E-state index contributed by atoms with van der Waals surface area (Å²) in [4.78, 5) is 6.89. The van der Waals surface area contributed by atoms with Crippen LogP contribution in [0, 0.1) is 17.8 Å². The lowest BCUT2D eigenvalue weighted by atomic mass is 10.0. The van der Waals surface area contributed by atoms with E-state index < -0.39 is 10.0 Å². The first-order chi connectivity index (χ1) is 15.7. The topological polar surface area (TPSA) is 62.7 Å². The van der Waals surface area contributed by atoms with Gasteiger partial charge in [0.05, 0.1) is 12.9 Å². The van der Waals surface area contributed by atoms with Crippen LogP contribution in [0.2, 0.25) is 0 Å². The molecule has 7 heteroatoms. The van der Waals surface area contributed by atoms with Gasteiger partial charge in [-0.15, -0.1) is 0 Å². The molecule has 0 aliphatic heterocycles. The number of nitrogens with zero attached hydrogens (tertiary/aromatic N) is 3. The van der Waals surface area contributed by atoms with E-state index in [9.17, 15) is 8.42 Å². The fourth-order valence-corrected chi connectivity index (χ4v) is 5.11. The maximum atomic E-state index is 12.5. The minimum absolute atomic E-state index is 0.389. The molecule has 3 rings (SSSR count). The average molecular weight is 474 g/mol. The average Bonchev–Trinajstić information content (AvgIpc) is 3.45. The predicted octanol–water partition coefficient (Wildman–Crippen LogP) is 4.75. The molecule has 1 aromatic carbocycles. The van der Waals surface area contributed by atoms with Gasteiger partial charge in [0.25, 0.3) is 0 Å². The SMILES string of the molecule is CCCN(c1cc(COCC(C)Cc2ccccc2)cc(N(C)CC2CC2C)n1)S(C)(=O)=O. The zero-order valence-corrected chi connectivity index (χ0v) is 21.5. The van der Waals surface area contributed by atoms with Crippen LogP contribution in [0.4, 0.5) is 11.6 Å². The summed E-state index contributed by atoms with van der Waals surface area (Å²) in [6.45, 7) is 8.84. The highest BCUT2D eigenvalue weighted by molar-refractivity contribution is 7.92. The predicted molar refractivity (Wildman–Crippen MR) is 136 cm³/mol. The van der Waals surface area contributed by atoms with E-state index in [4.69, 9.17) is 9.72 Å². The molecule has 0 bridgehead atoms. The van der Waals surface area contributed by atoms with Crippen LogP contribution in [0.5, 0.6) is 0 Å². The molecule has 1 heterocycles. The summed E-state index contributed by atoms with van der Waals surface area (Å²) in [6.07, 6.45) is 4.17. The van der Waals surface area contributed by atoms with Crippen LogP contribution in [0.1, 0.15) is 44.7 Å². The van der Waals surface area contributed by atoms with E-state index in [-0.39, 0.29) is 0 Å². The van der Waals surface area contributed by atoms with Gasteiger partial charge in [0.2, 0.25) is 10.0 Å². The lowest BCUT2D eigenvalue weighted by Crippen LogP contribution is -2.32. The fourth-order valence-electron chi connectivity index (χ4n) is 4.17. The normalized spacial score (nSPS) is 18.7. The zero-order valence-electron chi connectivity index (χ0n) is 20.7. The molecule has 182 valence electrons. The smallest absolute Gasteiger partial charge is 0.233 e. The van der Waals surface area contributed by atoms with E-state index >= 15 is 0 Å². The Morgan fingerprint density at radius 2 is 1.82 bits per heavy atom. The third-order valence-corrected chi connectivity index (χ3v) is 7.38. The number of anilines is 2. The Labute approximate surface area is 200 Å². The highest BCUT2D eigenvalue weighted by Gasteiger charge is 2.33. The van der Waals surface area contributed by atoms with Crippen molar-refractivity contribution in [1.29, 1.82) is 0 Å². The van der Waals surface area contributed by atoms with Gasteiger partial charge in [-0.3, -0.25) is 4.31 Å². The molecule has 1 aliphatic rings. The fraction of sp³-hybridized carbons (Fsp3) is 0.577. The van der Waals surface area contributed by atoms with E-state index in [1.165, 1.54) is 22.5 Å². The summed E-state index contributed by atoms with van der Waals surface area (Å²) in [6, 6.07) is 14.3. The maximum Gasteiger partial charge on any atom is 0.233 e. The number of pyridine rings is 1. The Bertz CT molecular complexity index is 997. The number of aromatic nitrogens is 1. The molecule has 6 nitrogen and oxygen atoms in total. The summed E-state index contributed by atoms with van der Waals surface area (Å²) in [5, 5.41) is 0. The minimum Gasteiger partial charge on any atom is -0.376 e. The molecular formula is C26H39N3O3S. The number of hydrogen-bond donors (Lipinski definition) is 0. The quantitative estimate of drug-likeness (QED) is 0.420. The first-order valence-corrected chi connectivity index (χ1v) is 13.8. The van der Waals surface area contributed by atoms with Crippen LogP contribution in [-0.4, -0.2) is 46.4 Å². The second-order valence-corrected chi connectivity index (χ2v) is 11.6. The van der Waals surface area contributed by atoms with Crippen molar-refractivity contribution >= 4 is 21.7 Å². The minimum atomic E-state index is -3.42. The van der Waals surface area contributed by atoms with Gasteiger partial charge in [-0.2, -0.15) is 0 Å². The van der Waals surface area contributed by atoms with Gasteiger partial charge in [0.1, 0.15) is 11.6 Å². The second kappa shape index (κ2) is 11.3. The number of benzene rings is 1. The summed E-state index contributed by atoms with van der Waals surface area (Å²) in [5.74, 6) is 3.09. The number of rotatable bonds is 13. The van der Waals surface area contributed by atoms with Crippen molar-refractivity contribution in [3.05, 3.63) is 53.6 Å². The Morgan fingerprint density at radius 3 is 2.42 bits per heavy atom. The van der Waals surface area contributed by atoms with E-state index in [2.05, 4.69) is 43.0 Å². The standard InChI is InChI=1S/C26H39N3O3S/c1-6-12-29(33(5,30)31)26-16-23(15-25(27-26)28(4)17-24-14-21(24)3)19-32-18-20(2)13-22-10-8-7-9-11-22/h7-11,15-16,20-21,24H,6,12-14,17-19H2,1-5H3. The molecule has 2 aromatic rings. The number of ether oxygens (including phenoxy) is 1. The molecule has 33 heavy (non-hydrogen) atoms. The first-order valence-electron chi connectivity index (χ1n) is 12.0. The van der Waals surface area contributed by atoms with Gasteiger partial charge >= 0.3 is 0 Å². The molecule has 1 aromatic heterocycles.